The van der Waals surface area contributed by atoms with Crippen molar-refractivity contribution >= 4 is 15.7 Å². The molecular formula is C18H17N3O6S. The van der Waals surface area contributed by atoms with Gasteiger partial charge in [-0.15, -0.1) is 0 Å². The SMILES string of the molecule is N#CCc1ccc(Oc2ccc(S(=O)(=O)N3CCOCC3)cc2[N+](=O)[O-])cc1. The average Bonchev–Trinajstić information content (AvgIpc) is 2.70. The minimum absolute atomic E-state index is 0.0704. The van der Waals surface area contributed by atoms with Gasteiger partial charge in [0.25, 0.3) is 0 Å². The molecule has 1 aliphatic heterocycles. The first-order valence-electron chi connectivity index (χ1n) is 8.42. The van der Waals surface area contributed by atoms with E-state index in [1.54, 1.807) is 24.3 Å². The van der Waals surface area contributed by atoms with Crippen molar-refractivity contribution in [3.63, 3.8) is 0 Å². The van der Waals surface area contributed by atoms with E-state index >= 15 is 0 Å². The molecule has 0 aliphatic carbocycles. The highest BCUT2D eigenvalue weighted by Crippen LogP contribution is 2.34. The van der Waals surface area contributed by atoms with E-state index in [1.807, 2.05) is 6.07 Å². The molecule has 28 heavy (non-hydrogen) atoms. The molecule has 1 aliphatic rings. The van der Waals surface area contributed by atoms with Crippen molar-refractivity contribution in [3.8, 4) is 17.6 Å². The maximum Gasteiger partial charge on any atom is 0.312 e. The third-order valence-electron chi connectivity index (χ3n) is 4.17. The highest BCUT2D eigenvalue weighted by Gasteiger charge is 2.29. The Hall–Kier alpha value is -3.00. The van der Waals surface area contributed by atoms with Crippen LogP contribution in [-0.2, 0) is 21.2 Å². The van der Waals surface area contributed by atoms with Crippen molar-refractivity contribution in [3.05, 3.63) is 58.1 Å². The topological polar surface area (TPSA) is 123 Å². The Morgan fingerprint density at radius 3 is 2.46 bits per heavy atom. The van der Waals surface area contributed by atoms with Gasteiger partial charge in [-0.05, 0) is 29.8 Å². The highest BCUT2D eigenvalue weighted by atomic mass is 32.2. The molecule has 1 saturated heterocycles. The van der Waals surface area contributed by atoms with Gasteiger partial charge >= 0.3 is 5.69 Å². The third-order valence-corrected chi connectivity index (χ3v) is 6.06. The summed E-state index contributed by atoms with van der Waals surface area (Å²) in [6, 6.07) is 12.1. The van der Waals surface area contributed by atoms with Crippen LogP contribution in [0.25, 0.3) is 0 Å². The van der Waals surface area contributed by atoms with Crippen molar-refractivity contribution in [1.29, 1.82) is 5.26 Å². The Bertz CT molecular complexity index is 1010. The van der Waals surface area contributed by atoms with Crippen LogP contribution in [0.1, 0.15) is 5.56 Å². The first kappa shape index (κ1) is 19.8. The zero-order valence-electron chi connectivity index (χ0n) is 14.8. The van der Waals surface area contributed by atoms with Crippen LogP contribution in [0.4, 0.5) is 5.69 Å². The monoisotopic (exact) mass is 403 g/mol. The van der Waals surface area contributed by atoms with Crippen LogP contribution in [0, 0.1) is 21.4 Å². The van der Waals surface area contributed by atoms with E-state index in [9.17, 15) is 18.5 Å². The predicted octanol–water partition coefficient (Wildman–Crippen LogP) is 2.47. The van der Waals surface area contributed by atoms with Gasteiger partial charge in [-0.1, -0.05) is 12.1 Å². The molecule has 2 aromatic rings. The number of nitro groups is 1. The summed E-state index contributed by atoms with van der Waals surface area (Å²) < 4.78 is 37.4. The highest BCUT2D eigenvalue weighted by molar-refractivity contribution is 7.89. The van der Waals surface area contributed by atoms with Crippen LogP contribution in [0.2, 0.25) is 0 Å². The number of ether oxygens (including phenoxy) is 2. The van der Waals surface area contributed by atoms with E-state index in [0.29, 0.717) is 5.75 Å². The lowest BCUT2D eigenvalue weighted by molar-refractivity contribution is -0.385. The Balaban J connectivity index is 1.89. The fourth-order valence-corrected chi connectivity index (χ4v) is 4.14. The molecule has 10 heteroatoms. The fourth-order valence-electron chi connectivity index (χ4n) is 2.72. The Morgan fingerprint density at radius 2 is 1.86 bits per heavy atom. The van der Waals surface area contributed by atoms with Crippen LogP contribution in [-0.4, -0.2) is 43.9 Å². The molecule has 1 fully saturated rings. The van der Waals surface area contributed by atoms with E-state index in [4.69, 9.17) is 14.7 Å². The lowest BCUT2D eigenvalue weighted by Gasteiger charge is -2.26. The normalized spacial score (nSPS) is 15.0. The maximum atomic E-state index is 12.7. The zero-order valence-corrected chi connectivity index (χ0v) is 15.6. The maximum absolute atomic E-state index is 12.7. The van der Waals surface area contributed by atoms with Gasteiger partial charge < -0.3 is 9.47 Å². The summed E-state index contributed by atoms with van der Waals surface area (Å²) in [5.74, 6) is 0.271. The number of morpholine rings is 1. The average molecular weight is 403 g/mol. The molecule has 0 aromatic heterocycles. The molecule has 0 spiro atoms. The third kappa shape index (κ3) is 4.28. The van der Waals surface area contributed by atoms with Crippen molar-refractivity contribution in [2.75, 3.05) is 26.3 Å². The van der Waals surface area contributed by atoms with Crippen molar-refractivity contribution in [2.45, 2.75) is 11.3 Å². The van der Waals surface area contributed by atoms with Gasteiger partial charge in [0, 0.05) is 19.2 Å². The van der Waals surface area contributed by atoms with E-state index in [1.165, 1.54) is 16.4 Å². The van der Waals surface area contributed by atoms with Gasteiger partial charge in [0.05, 0.1) is 35.5 Å². The number of rotatable bonds is 6. The number of nitriles is 1. The number of nitrogens with zero attached hydrogens (tertiary/aromatic N) is 3. The Morgan fingerprint density at radius 1 is 1.18 bits per heavy atom. The van der Waals surface area contributed by atoms with E-state index in [2.05, 4.69) is 0 Å². The van der Waals surface area contributed by atoms with Gasteiger partial charge in [-0.25, -0.2) is 8.42 Å². The molecule has 0 N–H and O–H groups in total. The number of nitro benzene ring substituents is 1. The number of sulfonamides is 1. The largest absolute Gasteiger partial charge is 0.450 e. The first-order valence-corrected chi connectivity index (χ1v) is 9.86. The van der Waals surface area contributed by atoms with Crippen LogP contribution in [0.5, 0.6) is 11.5 Å². The number of hydrogen-bond acceptors (Lipinski definition) is 7. The van der Waals surface area contributed by atoms with Gasteiger partial charge in [-0.3, -0.25) is 10.1 Å². The summed E-state index contributed by atoms with van der Waals surface area (Å²) in [4.78, 5) is 10.6. The minimum atomic E-state index is -3.86. The summed E-state index contributed by atoms with van der Waals surface area (Å²) in [6.07, 6.45) is 0.245. The van der Waals surface area contributed by atoms with E-state index in [0.717, 1.165) is 11.6 Å². The van der Waals surface area contributed by atoms with Crippen molar-refractivity contribution in [1.82, 2.24) is 4.31 Å². The minimum Gasteiger partial charge on any atom is -0.450 e. The van der Waals surface area contributed by atoms with Gasteiger partial charge in [0.2, 0.25) is 15.8 Å². The molecule has 1 heterocycles. The quantitative estimate of drug-likeness (QED) is 0.536. The molecular weight excluding hydrogens is 386 g/mol. The van der Waals surface area contributed by atoms with Crippen LogP contribution in [0.15, 0.2) is 47.4 Å². The lowest BCUT2D eigenvalue weighted by atomic mass is 10.2. The van der Waals surface area contributed by atoms with Crippen LogP contribution < -0.4 is 4.74 Å². The van der Waals surface area contributed by atoms with Crippen LogP contribution in [0.3, 0.4) is 0 Å². The standard InChI is InChI=1S/C18H17N3O6S/c19-8-7-14-1-3-15(4-2-14)27-18-6-5-16(13-17(18)21(22)23)28(24,25)20-9-11-26-12-10-20/h1-6,13H,7,9-12H2. The molecule has 146 valence electrons. The summed E-state index contributed by atoms with van der Waals surface area (Å²) in [7, 11) is -3.86. The molecule has 0 atom stereocenters. The summed E-state index contributed by atoms with van der Waals surface area (Å²) in [5, 5.41) is 20.2. The van der Waals surface area contributed by atoms with Gasteiger partial charge in [0.15, 0.2) is 0 Å². The van der Waals surface area contributed by atoms with E-state index < -0.39 is 20.6 Å². The smallest absolute Gasteiger partial charge is 0.312 e. The van der Waals surface area contributed by atoms with Gasteiger partial charge in [-0.2, -0.15) is 9.57 Å². The van der Waals surface area contributed by atoms with E-state index in [-0.39, 0.29) is 43.4 Å². The molecule has 0 saturated carbocycles. The summed E-state index contributed by atoms with van der Waals surface area (Å²) in [5.41, 5.74) is 0.340. The molecule has 9 nitrogen and oxygen atoms in total. The Labute approximate surface area is 161 Å². The summed E-state index contributed by atoms with van der Waals surface area (Å²) >= 11 is 0. The van der Waals surface area contributed by atoms with Gasteiger partial charge in [0.1, 0.15) is 5.75 Å². The first-order chi connectivity index (χ1) is 13.4. The van der Waals surface area contributed by atoms with Crippen LogP contribution >= 0.6 is 0 Å². The molecule has 0 amide bonds. The number of hydrogen-bond donors (Lipinski definition) is 0. The predicted molar refractivity (Wildman–Crippen MR) is 98.5 cm³/mol. The number of benzene rings is 2. The molecule has 3 rings (SSSR count). The van der Waals surface area contributed by atoms with Crippen molar-refractivity contribution < 1.29 is 22.8 Å². The molecule has 0 unspecified atom stereocenters. The Kier molecular flexibility index (Phi) is 5.89. The molecule has 0 bridgehead atoms. The molecule has 2 aromatic carbocycles. The summed E-state index contributed by atoms with van der Waals surface area (Å²) in [6.45, 7) is 0.960. The molecule has 0 radical (unpaired) electrons. The van der Waals surface area contributed by atoms with Crippen molar-refractivity contribution in [2.24, 2.45) is 0 Å². The second-order valence-corrected chi connectivity index (χ2v) is 7.92. The lowest BCUT2D eigenvalue weighted by Crippen LogP contribution is -2.40. The second kappa shape index (κ2) is 8.35. The fraction of sp³-hybridized carbons (Fsp3) is 0.278. The zero-order chi connectivity index (χ0) is 20.1. The second-order valence-electron chi connectivity index (χ2n) is 5.98.